The van der Waals surface area contributed by atoms with Gasteiger partial charge in [0, 0.05) is 24.2 Å². The number of carbonyl (C=O) groups is 1. The summed E-state index contributed by atoms with van der Waals surface area (Å²) in [5.41, 5.74) is 6.88. The lowest BCUT2D eigenvalue weighted by atomic mass is 10.0. The highest BCUT2D eigenvalue weighted by Crippen LogP contribution is 2.23. The maximum atomic E-state index is 11.0. The third-order valence-electron chi connectivity index (χ3n) is 2.15. The molecule has 0 saturated heterocycles. The number of nitrogen functional groups attached to an aromatic ring is 1. The van der Waals surface area contributed by atoms with E-state index in [1.807, 2.05) is 0 Å². The molecule has 3 N–H and O–H groups in total. The summed E-state index contributed by atoms with van der Waals surface area (Å²) in [4.78, 5) is 18.8. The Morgan fingerprint density at radius 1 is 1.31 bits per heavy atom. The van der Waals surface area contributed by atoms with Crippen molar-refractivity contribution in [3.63, 3.8) is 0 Å². The molecule has 0 amide bonds. The summed E-state index contributed by atoms with van der Waals surface area (Å²) in [6, 6.07) is 4.79. The van der Waals surface area contributed by atoms with Crippen molar-refractivity contribution in [3.8, 4) is 11.1 Å². The predicted octanol–water partition coefficient (Wildman–Crippen LogP) is 1.42. The van der Waals surface area contributed by atoms with Crippen LogP contribution in [0.3, 0.4) is 0 Å². The molecule has 0 bridgehead atoms. The van der Waals surface area contributed by atoms with Gasteiger partial charge in [0.2, 0.25) is 0 Å². The molecule has 2 heterocycles. The number of rotatable bonds is 2. The van der Waals surface area contributed by atoms with Gasteiger partial charge in [-0.25, -0.2) is 9.78 Å². The van der Waals surface area contributed by atoms with Crippen LogP contribution in [-0.2, 0) is 0 Å². The number of anilines is 1. The molecule has 0 aliphatic heterocycles. The van der Waals surface area contributed by atoms with Gasteiger partial charge in [0.1, 0.15) is 5.82 Å². The van der Waals surface area contributed by atoms with E-state index in [-0.39, 0.29) is 11.4 Å². The molecule has 0 radical (unpaired) electrons. The van der Waals surface area contributed by atoms with Crippen molar-refractivity contribution in [2.75, 3.05) is 5.73 Å². The first-order chi connectivity index (χ1) is 7.68. The van der Waals surface area contributed by atoms with Gasteiger partial charge in [-0.1, -0.05) is 0 Å². The van der Waals surface area contributed by atoms with Gasteiger partial charge in [-0.15, -0.1) is 0 Å². The average Bonchev–Trinajstić information content (AvgIpc) is 2.30. The second kappa shape index (κ2) is 3.98. The number of nitrogens with zero attached hydrogens (tertiary/aromatic N) is 2. The van der Waals surface area contributed by atoms with E-state index in [1.54, 1.807) is 24.5 Å². The van der Waals surface area contributed by atoms with Gasteiger partial charge in [-0.2, -0.15) is 0 Å². The Morgan fingerprint density at radius 3 is 2.62 bits per heavy atom. The smallest absolute Gasteiger partial charge is 0.336 e. The zero-order valence-electron chi connectivity index (χ0n) is 8.29. The van der Waals surface area contributed by atoms with Crippen molar-refractivity contribution in [1.82, 2.24) is 9.97 Å². The molecule has 0 fully saturated rings. The van der Waals surface area contributed by atoms with Gasteiger partial charge in [0.15, 0.2) is 0 Å². The van der Waals surface area contributed by atoms with Crippen LogP contribution in [0.2, 0.25) is 0 Å². The van der Waals surface area contributed by atoms with Crippen LogP contribution in [0.5, 0.6) is 0 Å². The first kappa shape index (κ1) is 10.1. The van der Waals surface area contributed by atoms with Crippen LogP contribution in [0.4, 0.5) is 5.82 Å². The summed E-state index contributed by atoms with van der Waals surface area (Å²) in [7, 11) is 0. The lowest BCUT2D eigenvalue weighted by Crippen LogP contribution is -2.02. The highest BCUT2D eigenvalue weighted by molar-refractivity contribution is 5.96. The normalized spacial score (nSPS) is 10.0. The van der Waals surface area contributed by atoms with E-state index < -0.39 is 5.97 Å². The van der Waals surface area contributed by atoms with Crippen molar-refractivity contribution in [1.29, 1.82) is 0 Å². The Balaban J connectivity index is 2.61. The number of carboxylic acid groups (broad SMARTS) is 1. The van der Waals surface area contributed by atoms with Gasteiger partial charge < -0.3 is 10.8 Å². The van der Waals surface area contributed by atoms with Crippen LogP contribution < -0.4 is 5.73 Å². The molecule has 0 unspecified atom stereocenters. The van der Waals surface area contributed by atoms with Gasteiger partial charge in [0.25, 0.3) is 0 Å². The molecule has 2 aromatic heterocycles. The topological polar surface area (TPSA) is 89.1 Å². The van der Waals surface area contributed by atoms with E-state index >= 15 is 0 Å². The fourth-order valence-electron chi connectivity index (χ4n) is 1.41. The Hall–Kier alpha value is -2.43. The van der Waals surface area contributed by atoms with E-state index in [0.29, 0.717) is 5.56 Å². The SMILES string of the molecule is Nc1cc(C(=O)O)c(-c2ccncc2)cn1. The largest absolute Gasteiger partial charge is 0.478 e. The number of aromatic nitrogens is 2. The number of hydrogen-bond donors (Lipinski definition) is 2. The molecule has 0 aromatic carbocycles. The highest BCUT2D eigenvalue weighted by atomic mass is 16.4. The summed E-state index contributed by atoms with van der Waals surface area (Å²) in [5, 5.41) is 9.05. The van der Waals surface area contributed by atoms with Crippen LogP contribution in [0.25, 0.3) is 11.1 Å². The number of aromatic carboxylic acids is 1. The molecule has 5 heteroatoms. The molecular formula is C11H9N3O2. The van der Waals surface area contributed by atoms with Crippen LogP contribution in [0.1, 0.15) is 10.4 Å². The fraction of sp³-hybridized carbons (Fsp3) is 0. The third-order valence-corrected chi connectivity index (χ3v) is 2.15. The minimum absolute atomic E-state index is 0.138. The van der Waals surface area contributed by atoms with Crippen molar-refractivity contribution in [2.24, 2.45) is 0 Å². The molecule has 0 spiro atoms. The molecule has 2 rings (SSSR count). The zero-order chi connectivity index (χ0) is 11.5. The molecule has 0 atom stereocenters. The Labute approximate surface area is 91.6 Å². The van der Waals surface area contributed by atoms with Crippen molar-refractivity contribution >= 4 is 11.8 Å². The van der Waals surface area contributed by atoms with Crippen LogP contribution in [-0.4, -0.2) is 21.0 Å². The summed E-state index contributed by atoms with van der Waals surface area (Å²) in [5.74, 6) is -0.837. The molecule has 0 aliphatic rings. The minimum atomic E-state index is -1.03. The second-order valence-electron chi connectivity index (χ2n) is 3.20. The van der Waals surface area contributed by atoms with E-state index in [9.17, 15) is 4.79 Å². The third kappa shape index (κ3) is 1.83. The van der Waals surface area contributed by atoms with E-state index in [1.165, 1.54) is 12.3 Å². The van der Waals surface area contributed by atoms with Crippen LogP contribution in [0.15, 0.2) is 36.8 Å². The minimum Gasteiger partial charge on any atom is -0.478 e. The molecular weight excluding hydrogens is 206 g/mol. The van der Waals surface area contributed by atoms with Crippen LogP contribution in [0, 0.1) is 0 Å². The number of carboxylic acids is 1. The van der Waals surface area contributed by atoms with Crippen molar-refractivity contribution in [2.45, 2.75) is 0 Å². The van der Waals surface area contributed by atoms with Gasteiger partial charge in [-0.05, 0) is 23.8 Å². The first-order valence-corrected chi connectivity index (χ1v) is 4.57. The number of hydrogen-bond acceptors (Lipinski definition) is 4. The number of pyridine rings is 2. The monoisotopic (exact) mass is 215 g/mol. The molecule has 0 saturated carbocycles. The van der Waals surface area contributed by atoms with Crippen molar-refractivity contribution < 1.29 is 9.90 Å². The quantitative estimate of drug-likeness (QED) is 0.790. The molecule has 2 aromatic rings. The highest BCUT2D eigenvalue weighted by Gasteiger charge is 2.12. The molecule has 0 aliphatic carbocycles. The summed E-state index contributed by atoms with van der Waals surface area (Å²) in [6.07, 6.45) is 4.64. The second-order valence-corrected chi connectivity index (χ2v) is 3.20. The Bertz CT molecular complexity index is 526. The standard InChI is InChI=1S/C11H9N3O2/c12-10-5-8(11(15)16)9(6-14-10)7-1-3-13-4-2-7/h1-6H,(H2,12,14)(H,15,16). The molecule has 80 valence electrons. The first-order valence-electron chi connectivity index (χ1n) is 4.57. The van der Waals surface area contributed by atoms with Gasteiger partial charge >= 0.3 is 5.97 Å². The molecule has 5 nitrogen and oxygen atoms in total. The molecule has 16 heavy (non-hydrogen) atoms. The predicted molar refractivity (Wildman–Crippen MR) is 58.8 cm³/mol. The Morgan fingerprint density at radius 2 is 2.00 bits per heavy atom. The van der Waals surface area contributed by atoms with Gasteiger partial charge in [0.05, 0.1) is 5.56 Å². The lowest BCUT2D eigenvalue weighted by molar-refractivity contribution is 0.0697. The summed E-state index contributed by atoms with van der Waals surface area (Å²) in [6.45, 7) is 0. The average molecular weight is 215 g/mol. The summed E-state index contributed by atoms with van der Waals surface area (Å²) < 4.78 is 0. The van der Waals surface area contributed by atoms with Crippen LogP contribution >= 0.6 is 0 Å². The van der Waals surface area contributed by atoms with Crippen molar-refractivity contribution in [3.05, 3.63) is 42.4 Å². The van der Waals surface area contributed by atoms with E-state index in [4.69, 9.17) is 10.8 Å². The summed E-state index contributed by atoms with van der Waals surface area (Å²) >= 11 is 0. The van der Waals surface area contributed by atoms with E-state index in [2.05, 4.69) is 9.97 Å². The van der Waals surface area contributed by atoms with Gasteiger partial charge in [-0.3, -0.25) is 4.98 Å². The fourth-order valence-corrected chi connectivity index (χ4v) is 1.41. The number of nitrogens with two attached hydrogens (primary N) is 1. The lowest BCUT2D eigenvalue weighted by Gasteiger charge is -2.05. The maximum absolute atomic E-state index is 11.0. The maximum Gasteiger partial charge on any atom is 0.336 e. The van der Waals surface area contributed by atoms with E-state index in [0.717, 1.165) is 5.56 Å². The zero-order valence-corrected chi connectivity index (χ0v) is 8.29. The Kier molecular flexibility index (Phi) is 2.51.